The van der Waals surface area contributed by atoms with Gasteiger partial charge in [0.05, 0.1) is 0 Å². The third-order valence-corrected chi connectivity index (χ3v) is 7.86. The SMILES string of the molecule is CCCCCc1cc2c(cc1CCCCC)C(=O)c1cc(CCCCC)c(CCCCC)cc1C2=O. The van der Waals surface area contributed by atoms with Crippen LogP contribution in [-0.4, -0.2) is 11.6 Å². The molecule has 0 N–H and O–H groups in total. The van der Waals surface area contributed by atoms with E-state index in [1.54, 1.807) is 0 Å². The molecule has 1 aliphatic rings. The number of rotatable bonds is 16. The highest BCUT2D eigenvalue weighted by Crippen LogP contribution is 2.33. The maximum absolute atomic E-state index is 13.8. The number of hydrogen-bond donors (Lipinski definition) is 0. The Labute approximate surface area is 220 Å². The van der Waals surface area contributed by atoms with Gasteiger partial charge in [-0.15, -0.1) is 0 Å². The molecular formula is C34H48O2. The van der Waals surface area contributed by atoms with Crippen molar-refractivity contribution in [3.63, 3.8) is 0 Å². The molecule has 0 aliphatic heterocycles. The van der Waals surface area contributed by atoms with Gasteiger partial charge in [0.15, 0.2) is 11.6 Å². The topological polar surface area (TPSA) is 34.1 Å². The lowest BCUT2D eigenvalue weighted by Crippen LogP contribution is -2.23. The third-order valence-electron chi connectivity index (χ3n) is 7.86. The van der Waals surface area contributed by atoms with Gasteiger partial charge in [0.1, 0.15) is 0 Å². The summed E-state index contributed by atoms with van der Waals surface area (Å²) in [6.45, 7) is 8.90. The van der Waals surface area contributed by atoms with Crippen molar-refractivity contribution in [1.82, 2.24) is 0 Å². The summed E-state index contributed by atoms with van der Waals surface area (Å²) in [5.41, 5.74) is 7.66. The lowest BCUT2D eigenvalue weighted by molar-refractivity contribution is 0.0978. The number of hydrogen-bond acceptors (Lipinski definition) is 2. The predicted octanol–water partition coefficient (Wildman–Crippen LogP) is 9.39. The number of carbonyl (C=O) groups excluding carboxylic acids is 2. The lowest BCUT2D eigenvalue weighted by atomic mass is 9.78. The monoisotopic (exact) mass is 488 g/mol. The fraction of sp³-hybridized carbons (Fsp3) is 0.588. The number of benzene rings is 2. The minimum absolute atomic E-state index is 0.0494. The van der Waals surface area contributed by atoms with E-state index in [4.69, 9.17) is 0 Å². The molecule has 2 aromatic rings. The van der Waals surface area contributed by atoms with Crippen molar-refractivity contribution >= 4 is 11.6 Å². The van der Waals surface area contributed by atoms with Gasteiger partial charge in [0.25, 0.3) is 0 Å². The van der Waals surface area contributed by atoms with Crippen LogP contribution in [0.1, 0.15) is 159 Å². The van der Waals surface area contributed by atoms with Crippen LogP contribution in [0.25, 0.3) is 0 Å². The van der Waals surface area contributed by atoms with E-state index in [0.717, 1.165) is 51.4 Å². The van der Waals surface area contributed by atoms with Crippen LogP contribution in [0.4, 0.5) is 0 Å². The Morgan fingerprint density at radius 1 is 0.389 bits per heavy atom. The zero-order valence-corrected chi connectivity index (χ0v) is 23.4. The van der Waals surface area contributed by atoms with E-state index in [0.29, 0.717) is 22.3 Å². The first kappa shape index (κ1) is 28.4. The van der Waals surface area contributed by atoms with Gasteiger partial charge in [0, 0.05) is 22.3 Å². The molecule has 0 bridgehead atoms. The molecule has 0 atom stereocenters. The van der Waals surface area contributed by atoms with Crippen LogP contribution in [0.15, 0.2) is 24.3 Å². The van der Waals surface area contributed by atoms with Gasteiger partial charge < -0.3 is 0 Å². The van der Waals surface area contributed by atoms with Crippen LogP contribution in [0, 0.1) is 0 Å². The normalized spacial score (nSPS) is 12.7. The number of ketones is 2. The second-order valence-electron chi connectivity index (χ2n) is 10.8. The van der Waals surface area contributed by atoms with Gasteiger partial charge in [-0.3, -0.25) is 9.59 Å². The van der Waals surface area contributed by atoms with Gasteiger partial charge in [-0.2, -0.15) is 0 Å². The molecule has 0 spiro atoms. The van der Waals surface area contributed by atoms with E-state index in [2.05, 4.69) is 52.0 Å². The third kappa shape index (κ3) is 6.96. The van der Waals surface area contributed by atoms with Crippen molar-refractivity contribution in [2.24, 2.45) is 0 Å². The molecule has 2 heteroatoms. The van der Waals surface area contributed by atoms with Gasteiger partial charge in [-0.05, 0) is 97.9 Å². The number of carbonyl (C=O) groups is 2. The molecule has 0 aromatic heterocycles. The molecule has 0 saturated carbocycles. The second kappa shape index (κ2) is 14.5. The maximum Gasteiger partial charge on any atom is 0.194 e. The van der Waals surface area contributed by atoms with E-state index in [1.165, 1.54) is 73.6 Å². The van der Waals surface area contributed by atoms with Crippen molar-refractivity contribution < 1.29 is 9.59 Å². The van der Waals surface area contributed by atoms with E-state index in [-0.39, 0.29) is 11.6 Å². The van der Waals surface area contributed by atoms with E-state index in [1.807, 2.05) is 0 Å². The quantitative estimate of drug-likeness (QED) is 0.188. The summed E-state index contributed by atoms with van der Waals surface area (Å²) in [6.07, 6.45) is 18.0. The van der Waals surface area contributed by atoms with Gasteiger partial charge in [-0.1, -0.05) is 79.1 Å². The molecule has 196 valence electrons. The fourth-order valence-electron chi connectivity index (χ4n) is 5.61. The Morgan fingerprint density at radius 3 is 0.806 bits per heavy atom. The molecule has 0 saturated heterocycles. The van der Waals surface area contributed by atoms with E-state index in [9.17, 15) is 9.59 Å². The first-order chi connectivity index (χ1) is 17.5. The zero-order chi connectivity index (χ0) is 25.9. The van der Waals surface area contributed by atoms with Crippen molar-refractivity contribution in [2.45, 2.75) is 130 Å². The summed E-state index contributed by atoms with van der Waals surface area (Å²) < 4.78 is 0. The molecule has 0 fully saturated rings. The molecule has 0 heterocycles. The van der Waals surface area contributed by atoms with Crippen molar-refractivity contribution in [2.75, 3.05) is 0 Å². The molecule has 1 aliphatic carbocycles. The Morgan fingerprint density at radius 2 is 0.611 bits per heavy atom. The van der Waals surface area contributed by atoms with Gasteiger partial charge in [-0.25, -0.2) is 0 Å². The summed E-state index contributed by atoms with van der Waals surface area (Å²) in [5, 5.41) is 0. The summed E-state index contributed by atoms with van der Waals surface area (Å²) in [6, 6.07) is 8.34. The highest BCUT2D eigenvalue weighted by molar-refractivity contribution is 6.28. The number of unbranched alkanes of at least 4 members (excludes halogenated alkanes) is 8. The first-order valence-electron chi connectivity index (χ1n) is 15.0. The summed E-state index contributed by atoms with van der Waals surface area (Å²) in [7, 11) is 0. The molecule has 0 radical (unpaired) electrons. The van der Waals surface area contributed by atoms with Crippen LogP contribution >= 0.6 is 0 Å². The minimum atomic E-state index is 0.0494. The first-order valence-corrected chi connectivity index (χ1v) is 15.0. The smallest absolute Gasteiger partial charge is 0.194 e. The molecule has 0 unspecified atom stereocenters. The standard InChI is InChI=1S/C34H48O2/c1-5-9-13-17-25-21-29-30(22-26(25)18-14-10-6-2)34(36)32-24-28(20-16-12-8-4)27(19-15-11-7-3)23-31(32)33(29)35/h21-24H,5-20H2,1-4H3. The van der Waals surface area contributed by atoms with Crippen molar-refractivity contribution in [3.05, 3.63) is 68.8 Å². The molecule has 3 rings (SSSR count). The highest BCUT2D eigenvalue weighted by Gasteiger charge is 2.31. The number of fused-ring (bicyclic) bond motifs is 2. The van der Waals surface area contributed by atoms with Crippen LogP contribution in [0.2, 0.25) is 0 Å². The molecule has 36 heavy (non-hydrogen) atoms. The average Bonchev–Trinajstić information content (AvgIpc) is 2.88. The largest absolute Gasteiger partial charge is 0.289 e. The van der Waals surface area contributed by atoms with E-state index >= 15 is 0 Å². The van der Waals surface area contributed by atoms with Gasteiger partial charge >= 0.3 is 0 Å². The summed E-state index contributed by atoms with van der Waals surface area (Å²) >= 11 is 0. The van der Waals surface area contributed by atoms with Crippen molar-refractivity contribution in [1.29, 1.82) is 0 Å². The van der Waals surface area contributed by atoms with Crippen molar-refractivity contribution in [3.8, 4) is 0 Å². The Bertz CT molecular complexity index is 868. The molecule has 2 nitrogen and oxygen atoms in total. The fourth-order valence-corrected chi connectivity index (χ4v) is 5.61. The highest BCUT2D eigenvalue weighted by atomic mass is 16.1. The molecule has 0 amide bonds. The summed E-state index contributed by atoms with van der Waals surface area (Å²) in [4.78, 5) is 27.6. The predicted molar refractivity (Wildman–Crippen MR) is 153 cm³/mol. The van der Waals surface area contributed by atoms with Crippen LogP contribution < -0.4 is 0 Å². The molecular weight excluding hydrogens is 440 g/mol. The maximum atomic E-state index is 13.8. The lowest BCUT2D eigenvalue weighted by Gasteiger charge is -2.23. The zero-order valence-electron chi connectivity index (χ0n) is 23.4. The summed E-state index contributed by atoms with van der Waals surface area (Å²) in [5.74, 6) is 0.0987. The second-order valence-corrected chi connectivity index (χ2v) is 10.8. The van der Waals surface area contributed by atoms with Crippen LogP contribution in [0.3, 0.4) is 0 Å². The van der Waals surface area contributed by atoms with Crippen LogP contribution in [0.5, 0.6) is 0 Å². The average molecular weight is 489 g/mol. The van der Waals surface area contributed by atoms with E-state index < -0.39 is 0 Å². The number of aryl methyl sites for hydroxylation is 4. The van der Waals surface area contributed by atoms with Crippen LogP contribution in [-0.2, 0) is 25.7 Å². The Hall–Kier alpha value is -2.22. The Balaban J connectivity index is 2.01. The minimum Gasteiger partial charge on any atom is -0.289 e. The Kier molecular flexibility index (Phi) is 11.4. The van der Waals surface area contributed by atoms with Gasteiger partial charge in [0.2, 0.25) is 0 Å². The molecule has 2 aromatic carbocycles.